The van der Waals surface area contributed by atoms with Crippen molar-refractivity contribution in [3.8, 4) is 11.8 Å². The molecule has 0 spiro atoms. The summed E-state index contributed by atoms with van der Waals surface area (Å²) in [5.74, 6) is 5.98. The largest absolute Gasteiger partial charge is 0.360 e. The van der Waals surface area contributed by atoms with E-state index in [1.165, 1.54) is 4.90 Å². The van der Waals surface area contributed by atoms with E-state index in [2.05, 4.69) is 27.1 Å². The van der Waals surface area contributed by atoms with Crippen LogP contribution in [0.4, 0.5) is 4.79 Å². The summed E-state index contributed by atoms with van der Waals surface area (Å²) in [7, 11) is 0. The number of urea groups is 1. The SMILES string of the molecule is Cc1ccc(C(=O)N2CCCC(N3C(=O)NC(Cc4c[nH]c5c(Cl)cccc45)C3=O)C2)cc1C#Cc1cnc2ccccn12. The Bertz CT molecular complexity index is 2020. The topological polar surface area (TPSA) is 103 Å². The minimum atomic E-state index is -0.683. The monoisotopic (exact) mass is 604 g/mol. The van der Waals surface area contributed by atoms with Gasteiger partial charge in [-0.25, -0.2) is 9.78 Å². The fourth-order valence-corrected chi connectivity index (χ4v) is 6.40. The lowest BCUT2D eigenvalue weighted by Crippen LogP contribution is -2.52. The number of pyridine rings is 1. The number of likely N-dealkylation sites (tertiary alicyclic amines) is 1. The molecular formula is C34H29ClN6O3. The average Bonchev–Trinajstić information content (AvgIpc) is 3.72. The summed E-state index contributed by atoms with van der Waals surface area (Å²) >= 11 is 6.30. The number of nitrogens with one attached hydrogen (secondary N) is 2. The molecule has 2 saturated heterocycles. The Morgan fingerprint density at radius 3 is 2.89 bits per heavy atom. The molecule has 2 aliphatic rings. The second-order valence-electron chi connectivity index (χ2n) is 11.3. The Kier molecular flexibility index (Phi) is 7.07. The van der Waals surface area contributed by atoms with E-state index >= 15 is 0 Å². The van der Waals surface area contributed by atoms with Crippen molar-refractivity contribution in [1.82, 2.24) is 29.5 Å². The average molecular weight is 605 g/mol. The number of hydrogen-bond acceptors (Lipinski definition) is 4. The number of rotatable bonds is 4. The number of benzene rings is 2. The number of amides is 4. The molecular weight excluding hydrogens is 576 g/mol. The molecule has 2 atom stereocenters. The number of imidazole rings is 1. The Morgan fingerprint density at radius 2 is 2.00 bits per heavy atom. The highest BCUT2D eigenvalue weighted by Crippen LogP contribution is 2.28. The molecule has 2 unspecified atom stereocenters. The van der Waals surface area contributed by atoms with Crippen molar-refractivity contribution in [3.05, 3.63) is 106 Å². The number of aryl methyl sites for hydroxylation is 1. The lowest BCUT2D eigenvalue weighted by molar-refractivity contribution is -0.129. The maximum absolute atomic E-state index is 13.7. The first kappa shape index (κ1) is 27.7. The number of aromatic nitrogens is 3. The summed E-state index contributed by atoms with van der Waals surface area (Å²) in [6.45, 7) is 2.79. The van der Waals surface area contributed by atoms with E-state index in [-0.39, 0.29) is 18.4 Å². The van der Waals surface area contributed by atoms with Gasteiger partial charge in [-0.05, 0) is 67.1 Å². The van der Waals surface area contributed by atoms with Crippen molar-refractivity contribution in [2.45, 2.75) is 38.3 Å². The Hall–Kier alpha value is -5.07. The normalized spacial score (nSPS) is 18.5. The van der Waals surface area contributed by atoms with Crippen LogP contribution >= 0.6 is 11.6 Å². The van der Waals surface area contributed by atoms with Crippen LogP contribution in [0.15, 0.2) is 73.2 Å². The van der Waals surface area contributed by atoms with Crippen LogP contribution in [0.5, 0.6) is 0 Å². The number of aromatic amines is 1. The van der Waals surface area contributed by atoms with Crippen LogP contribution in [-0.2, 0) is 11.2 Å². The third-order valence-corrected chi connectivity index (χ3v) is 8.82. The highest BCUT2D eigenvalue weighted by molar-refractivity contribution is 6.35. The second kappa shape index (κ2) is 11.2. The number of piperidine rings is 1. The fraction of sp³-hybridized carbons (Fsp3) is 0.235. The number of fused-ring (bicyclic) bond motifs is 2. The van der Waals surface area contributed by atoms with Gasteiger partial charge in [-0.15, -0.1) is 0 Å². The summed E-state index contributed by atoms with van der Waals surface area (Å²) in [6.07, 6.45) is 7.15. The second-order valence-corrected chi connectivity index (χ2v) is 11.7. The molecule has 7 rings (SSSR count). The molecule has 2 fully saturated rings. The Morgan fingerprint density at radius 1 is 1.11 bits per heavy atom. The first-order valence-corrected chi connectivity index (χ1v) is 15.0. The van der Waals surface area contributed by atoms with Gasteiger partial charge in [0.2, 0.25) is 0 Å². The molecule has 0 bridgehead atoms. The van der Waals surface area contributed by atoms with Crippen LogP contribution < -0.4 is 5.32 Å². The standard InChI is InChI=1S/C34H29ClN6O3/c1-21-10-11-23(16-22(21)12-13-25-19-36-30-9-2-3-15-40(25)30)32(42)39-14-5-6-26(20-39)41-33(43)29(38-34(41)44)17-24-18-37-31-27(24)7-4-8-28(31)35/h2-4,7-11,15-16,18-19,26,29,37H,5-6,14,17,20H2,1H3,(H,38,44). The third-order valence-electron chi connectivity index (χ3n) is 8.50. The van der Waals surface area contributed by atoms with Gasteiger partial charge in [0.05, 0.1) is 22.8 Å². The summed E-state index contributed by atoms with van der Waals surface area (Å²) in [5, 5.41) is 4.39. The zero-order valence-electron chi connectivity index (χ0n) is 24.0. The molecule has 5 aromatic rings. The predicted octanol–water partition coefficient (Wildman–Crippen LogP) is 4.94. The molecule has 0 aliphatic carbocycles. The molecule has 3 aromatic heterocycles. The maximum Gasteiger partial charge on any atom is 0.325 e. The molecule has 2 aliphatic heterocycles. The third kappa shape index (κ3) is 4.97. The van der Waals surface area contributed by atoms with Gasteiger partial charge >= 0.3 is 6.03 Å². The molecule has 4 amide bonds. The molecule has 5 heterocycles. The number of imide groups is 1. The summed E-state index contributed by atoms with van der Waals surface area (Å²) in [5.41, 5.74) is 5.52. The van der Waals surface area contributed by atoms with Crippen LogP contribution in [0.1, 0.15) is 45.6 Å². The smallest absolute Gasteiger partial charge is 0.325 e. The van der Waals surface area contributed by atoms with Crippen molar-refractivity contribution in [2.24, 2.45) is 0 Å². The number of para-hydroxylation sites is 1. The molecule has 9 nitrogen and oxygen atoms in total. The lowest BCUT2D eigenvalue weighted by atomic mass is 10.00. The van der Waals surface area contributed by atoms with Gasteiger partial charge in [0.25, 0.3) is 11.8 Å². The van der Waals surface area contributed by atoms with Gasteiger partial charge in [0, 0.05) is 48.4 Å². The molecule has 44 heavy (non-hydrogen) atoms. The number of hydrogen-bond donors (Lipinski definition) is 2. The maximum atomic E-state index is 13.7. The number of halogens is 1. The Balaban J connectivity index is 1.06. The van der Waals surface area contributed by atoms with Gasteiger partial charge in [0.15, 0.2) is 0 Å². The van der Waals surface area contributed by atoms with Crippen molar-refractivity contribution < 1.29 is 14.4 Å². The molecule has 220 valence electrons. The van der Waals surface area contributed by atoms with Crippen LogP contribution in [0.25, 0.3) is 16.6 Å². The van der Waals surface area contributed by atoms with Crippen molar-refractivity contribution in [1.29, 1.82) is 0 Å². The van der Waals surface area contributed by atoms with Crippen LogP contribution in [-0.4, -0.2) is 67.2 Å². The van der Waals surface area contributed by atoms with Gasteiger partial charge in [-0.2, -0.15) is 0 Å². The minimum Gasteiger partial charge on any atom is -0.360 e. The minimum absolute atomic E-state index is 0.146. The van der Waals surface area contributed by atoms with Gasteiger partial charge in [-0.1, -0.05) is 41.8 Å². The quantitative estimate of drug-likeness (QED) is 0.224. The predicted molar refractivity (Wildman–Crippen MR) is 167 cm³/mol. The molecule has 0 saturated carbocycles. The van der Waals surface area contributed by atoms with Crippen molar-refractivity contribution in [3.63, 3.8) is 0 Å². The zero-order chi connectivity index (χ0) is 30.4. The van der Waals surface area contributed by atoms with E-state index < -0.39 is 18.1 Å². The van der Waals surface area contributed by atoms with E-state index in [1.54, 1.807) is 23.2 Å². The highest BCUT2D eigenvalue weighted by Gasteiger charge is 2.43. The molecule has 0 radical (unpaired) electrons. The van der Waals surface area contributed by atoms with Crippen molar-refractivity contribution in [2.75, 3.05) is 13.1 Å². The van der Waals surface area contributed by atoms with Gasteiger partial charge in [-0.3, -0.25) is 18.9 Å². The van der Waals surface area contributed by atoms with E-state index in [4.69, 9.17) is 11.6 Å². The van der Waals surface area contributed by atoms with E-state index in [1.807, 2.05) is 66.2 Å². The molecule has 2 N–H and O–H groups in total. The fourth-order valence-electron chi connectivity index (χ4n) is 6.18. The summed E-state index contributed by atoms with van der Waals surface area (Å²) in [4.78, 5) is 50.8. The van der Waals surface area contributed by atoms with Crippen LogP contribution in [0, 0.1) is 18.8 Å². The lowest BCUT2D eigenvalue weighted by Gasteiger charge is -2.36. The number of H-pyrrole nitrogens is 1. The number of carbonyl (C=O) groups excluding carboxylic acids is 3. The van der Waals surface area contributed by atoms with Gasteiger partial charge < -0.3 is 15.2 Å². The first-order valence-electron chi connectivity index (χ1n) is 14.6. The van der Waals surface area contributed by atoms with Crippen LogP contribution in [0.2, 0.25) is 5.02 Å². The highest BCUT2D eigenvalue weighted by atomic mass is 35.5. The molecule has 10 heteroatoms. The number of carbonyl (C=O) groups is 3. The summed E-state index contributed by atoms with van der Waals surface area (Å²) < 4.78 is 1.92. The van der Waals surface area contributed by atoms with Gasteiger partial charge in [0.1, 0.15) is 17.4 Å². The first-order chi connectivity index (χ1) is 21.4. The van der Waals surface area contributed by atoms with E-state index in [9.17, 15) is 14.4 Å². The summed E-state index contributed by atoms with van der Waals surface area (Å²) in [6, 6.07) is 15.4. The molecule has 2 aromatic carbocycles. The van der Waals surface area contributed by atoms with Crippen LogP contribution in [0.3, 0.4) is 0 Å². The zero-order valence-corrected chi connectivity index (χ0v) is 24.8. The number of nitrogens with zero attached hydrogens (tertiary/aromatic N) is 4. The van der Waals surface area contributed by atoms with E-state index in [0.29, 0.717) is 36.4 Å². The van der Waals surface area contributed by atoms with Crippen molar-refractivity contribution >= 4 is 46.0 Å². The Labute approximate surface area is 258 Å². The van der Waals surface area contributed by atoms with E-state index in [0.717, 1.165) is 38.9 Å².